The Balaban J connectivity index is 1.21. The van der Waals surface area contributed by atoms with Crippen LogP contribution in [0.5, 0.6) is 0 Å². The molecule has 3 aromatic carbocycles. The first-order valence-electron chi connectivity index (χ1n) is 10.8. The number of hydrogen-bond acceptors (Lipinski definition) is 4. The molecule has 1 saturated heterocycles. The predicted molar refractivity (Wildman–Crippen MR) is 122 cm³/mol. The third-order valence-corrected chi connectivity index (χ3v) is 6.29. The van der Waals surface area contributed by atoms with E-state index in [-0.39, 0.29) is 18.4 Å². The standard InChI is InChI=1S/C26H22N2O5/c29-24(28-14-13-23(28)25(30)31)16-9-11-17(12-10-16)27-26(32)33-15-22-20-7-3-1-5-18(20)19-6-2-4-8-21(19)22/h1-12,22-23H,13-15H2,(H,27,32)(H,30,31). The predicted octanol–water partition coefficient (Wildman–Crippen LogP) is 4.35. The summed E-state index contributed by atoms with van der Waals surface area (Å²) in [5, 5.41) is 11.8. The Labute approximate surface area is 190 Å². The van der Waals surface area contributed by atoms with Gasteiger partial charge in [-0.3, -0.25) is 10.1 Å². The summed E-state index contributed by atoms with van der Waals surface area (Å²) < 4.78 is 5.54. The van der Waals surface area contributed by atoms with E-state index in [1.165, 1.54) is 4.90 Å². The van der Waals surface area contributed by atoms with Crippen molar-refractivity contribution < 1.29 is 24.2 Å². The molecule has 1 aliphatic heterocycles. The molecule has 1 heterocycles. The molecular weight excluding hydrogens is 420 g/mol. The summed E-state index contributed by atoms with van der Waals surface area (Å²) in [6, 6.07) is 21.8. The number of carboxylic acids is 1. The highest BCUT2D eigenvalue weighted by Crippen LogP contribution is 2.44. The van der Waals surface area contributed by atoms with Crippen molar-refractivity contribution in [1.29, 1.82) is 0 Å². The summed E-state index contributed by atoms with van der Waals surface area (Å²) in [5.74, 6) is -1.36. The molecule has 0 radical (unpaired) electrons. The summed E-state index contributed by atoms with van der Waals surface area (Å²) in [6.07, 6.45) is -0.118. The number of amides is 2. The van der Waals surface area contributed by atoms with Crippen molar-refractivity contribution in [2.45, 2.75) is 18.4 Å². The second kappa shape index (κ2) is 8.43. The highest BCUT2D eigenvalue weighted by atomic mass is 16.5. The number of benzene rings is 3. The van der Waals surface area contributed by atoms with Crippen LogP contribution in [0.25, 0.3) is 11.1 Å². The molecule has 7 heteroatoms. The van der Waals surface area contributed by atoms with Gasteiger partial charge in [-0.2, -0.15) is 0 Å². The Morgan fingerprint density at radius 2 is 1.52 bits per heavy atom. The van der Waals surface area contributed by atoms with Gasteiger partial charge in [-0.25, -0.2) is 9.59 Å². The molecule has 1 atom stereocenters. The molecule has 0 saturated carbocycles. The zero-order valence-electron chi connectivity index (χ0n) is 17.7. The molecule has 2 amide bonds. The number of nitrogens with zero attached hydrogens (tertiary/aromatic N) is 1. The molecule has 2 N–H and O–H groups in total. The molecule has 33 heavy (non-hydrogen) atoms. The number of nitrogens with one attached hydrogen (secondary N) is 1. The third-order valence-electron chi connectivity index (χ3n) is 6.29. The first-order valence-corrected chi connectivity index (χ1v) is 10.8. The first kappa shape index (κ1) is 20.8. The van der Waals surface area contributed by atoms with Crippen LogP contribution < -0.4 is 5.32 Å². The largest absolute Gasteiger partial charge is 0.480 e. The molecule has 1 aliphatic carbocycles. The Kier molecular flexibility index (Phi) is 5.30. The van der Waals surface area contributed by atoms with E-state index in [1.54, 1.807) is 24.3 Å². The van der Waals surface area contributed by atoms with Crippen LogP contribution in [0.1, 0.15) is 33.8 Å². The van der Waals surface area contributed by atoms with E-state index in [0.29, 0.717) is 24.2 Å². The maximum Gasteiger partial charge on any atom is 0.411 e. The number of rotatable bonds is 5. The minimum absolute atomic E-state index is 0.0261. The van der Waals surface area contributed by atoms with E-state index >= 15 is 0 Å². The van der Waals surface area contributed by atoms with Gasteiger partial charge in [-0.15, -0.1) is 0 Å². The molecule has 2 aliphatic rings. The third kappa shape index (κ3) is 3.82. The van der Waals surface area contributed by atoms with Crippen LogP contribution in [0, 0.1) is 0 Å². The Bertz CT molecular complexity index is 1190. The van der Waals surface area contributed by atoms with Gasteiger partial charge in [0.1, 0.15) is 12.6 Å². The van der Waals surface area contributed by atoms with Crippen LogP contribution in [0.4, 0.5) is 10.5 Å². The van der Waals surface area contributed by atoms with E-state index in [2.05, 4.69) is 29.6 Å². The topological polar surface area (TPSA) is 95.9 Å². The van der Waals surface area contributed by atoms with Crippen LogP contribution in [0.3, 0.4) is 0 Å². The van der Waals surface area contributed by atoms with Crippen molar-refractivity contribution in [2.75, 3.05) is 18.5 Å². The lowest BCUT2D eigenvalue weighted by Crippen LogP contribution is -2.55. The lowest BCUT2D eigenvalue weighted by atomic mass is 9.98. The number of carbonyl (C=O) groups is 3. The first-order chi connectivity index (χ1) is 16.0. The zero-order valence-corrected chi connectivity index (χ0v) is 17.7. The fourth-order valence-electron chi connectivity index (χ4n) is 4.50. The van der Waals surface area contributed by atoms with E-state index in [9.17, 15) is 14.4 Å². The second-order valence-electron chi connectivity index (χ2n) is 8.17. The maximum absolute atomic E-state index is 12.5. The molecule has 1 fully saturated rings. The van der Waals surface area contributed by atoms with Gasteiger partial charge >= 0.3 is 12.1 Å². The summed E-state index contributed by atoms with van der Waals surface area (Å²) in [6.45, 7) is 0.636. The van der Waals surface area contributed by atoms with E-state index in [0.717, 1.165) is 22.3 Å². The summed E-state index contributed by atoms with van der Waals surface area (Å²) in [4.78, 5) is 37.4. The Morgan fingerprint density at radius 3 is 2.06 bits per heavy atom. The van der Waals surface area contributed by atoms with Crippen LogP contribution in [-0.4, -0.2) is 47.2 Å². The van der Waals surface area contributed by atoms with Crippen molar-refractivity contribution in [3.63, 3.8) is 0 Å². The average Bonchev–Trinajstić information content (AvgIpc) is 3.11. The Morgan fingerprint density at radius 1 is 0.909 bits per heavy atom. The molecule has 5 rings (SSSR count). The van der Waals surface area contributed by atoms with Gasteiger partial charge < -0.3 is 14.7 Å². The van der Waals surface area contributed by atoms with Gasteiger partial charge in [0, 0.05) is 23.7 Å². The number of ether oxygens (including phenoxy) is 1. The summed E-state index contributed by atoms with van der Waals surface area (Å²) in [5.41, 5.74) is 5.46. The van der Waals surface area contributed by atoms with Crippen LogP contribution in [-0.2, 0) is 9.53 Å². The summed E-state index contributed by atoms with van der Waals surface area (Å²) >= 11 is 0. The lowest BCUT2D eigenvalue weighted by Gasteiger charge is -2.37. The molecule has 166 valence electrons. The van der Waals surface area contributed by atoms with Gasteiger partial charge in [-0.05, 0) is 52.9 Å². The minimum atomic E-state index is -0.997. The molecule has 0 bridgehead atoms. The summed E-state index contributed by atoms with van der Waals surface area (Å²) in [7, 11) is 0. The number of carboxylic acid groups (broad SMARTS) is 1. The number of fused-ring (bicyclic) bond motifs is 3. The van der Waals surface area contributed by atoms with Crippen molar-refractivity contribution in [1.82, 2.24) is 4.90 Å². The molecular formula is C26H22N2O5. The van der Waals surface area contributed by atoms with Crippen molar-refractivity contribution >= 4 is 23.7 Å². The fourth-order valence-corrected chi connectivity index (χ4v) is 4.50. The molecule has 3 aromatic rings. The van der Waals surface area contributed by atoms with Gasteiger partial charge in [0.25, 0.3) is 5.91 Å². The lowest BCUT2D eigenvalue weighted by molar-refractivity contribution is -0.146. The second-order valence-corrected chi connectivity index (χ2v) is 8.17. The molecule has 1 unspecified atom stereocenters. The van der Waals surface area contributed by atoms with Gasteiger partial charge in [0.2, 0.25) is 0 Å². The Hall–Kier alpha value is -4.13. The minimum Gasteiger partial charge on any atom is -0.480 e. The fraction of sp³-hybridized carbons (Fsp3) is 0.192. The monoisotopic (exact) mass is 442 g/mol. The van der Waals surface area contributed by atoms with Crippen LogP contribution >= 0.6 is 0 Å². The zero-order chi connectivity index (χ0) is 22.9. The molecule has 7 nitrogen and oxygen atoms in total. The maximum atomic E-state index is 12.5. The van der Waals surface area contributed by atoms with Gasteiger partial charge in [0.05, 0.1) is 0 Å². The average molecular weight is 442 g/mol. The van der Waals surface area contributed by atoms with E-state index in [1.807, 2.05) is 24.3 Å². The number of aliphatic carboxylic acids is 1. The quantitative estimate of drug-likeness (QED) is 0.613. The number of carbonyl (C=O) groups excluding carboxylic acids is 2. The molecule has 0 spiro atoms. The smallest absolute Gasteiger partial charge is 0.411 e. The number of likely N-dealkylation sites (tertiary alicyclic amines) is 1. The van der Waals surface area contributed by atoms with Crippen molar-refractivity contribution in [2.24, 2.45) is 0 Å². The van der Waals surface area contributed by atoms with Crippen LogP contribution in [0.15, 0.2) is 72.8 Å². The van der Waals surface area contributed by atoms with E-state index < -0.39 is 18.1 Å². The van der Waals surface area contributed by atoms with Gasteiger partial charge in [-0.1, -0.05) is 48.5 Å². The highest BCUT2D eigenvalue weighted by molar-refractivity contribution is 5.98. The number of anilines is 1. The normalized spacial score (nSPS) is 16.4. The van der Waals surface area contributed by atoms with Gasteiger partial charge in [0.15, 0.2) is 0 Å². The van der Waals surface area contributed by atoms with Crippen molar-refractivity contribution in [3.8, 4) is 11.1 Å². The van der Waals surface area contributed by atoms with Crippen molar-refractivity contribution in [3.05, 3.63) is 89.5 Å². The van der Waals surface area contributed by atoms with Crippen LogP contribution in [0.2, 0.25) is 0 Å². The highest BCUT2D eigenvalue weighted by Gasteiger charge is 2.37. The SMILES string of the molecule is O=C(Nc1ccc(C(=O)N2CCC2C(=O)O)cc1)OCC1c2ccccc2-c2ccccc21. The van der Waals surface area contributed by atoms with E-state index in [4.69, 9.17) is 9.84 Å². The molecule has 0 aromatic heterocycles. The number of hydrogen-bond donors (Lipinski definition) is 2.